The zero-order valence-corrected chi connectivity index (χ0v) is 13.3. The molecule has 3 N–H and O–H groups in total. The first-order valence-electron chi connectivity index (χ1n) is 6.50. The van der Waals surface area contributed by atoms with Gasteiger partial charge in [-0.25, -0.2) is 0 Å². The van der Waals surface area contributed by atoms with Crippen LogP contribution in [0.5, 0.6) is 0 Å². The summed E-state index contributed by atoms with van der Waals surface area (Å²) in [5.41, 5.74) is 7.89. The fraction of sp³-hybridized carbons (Fsp3) is 0.467. The number of carbonyl (C=O) groups excluding carboxylic acids is 1. The van der Waals surface area contributed by atoms with Crippen LogP contribution in [0.15, 0.2) is 35.4 Å². The SMILES string of the molecule is CC(=O)CC(=O)O.COC1=C(N)CC(=C[N+](C)(C)C)C=C1. The van der Waals surface area contributed by atoms with E-state index in [0.29, 0.717) is 0 Å². The molecule has 0 aromatic rings. The minimum Gasteiger partial charge on any atom is -0.495 e. The molecule has 0 fully saturated rings. The number of Topliss-reactive ketones (excluding diaryl/α,β-unsaturated/α-hetero) is 1. The quantitative estimate of drug-likeness (QED) is 0.605. The van der Waals surface area contributed by atoms with Crippen molar-refractivity contribution in [3.8, 4) is 0 Å². The van der Waals surface area contributed by atoms with E-state index in [1.165, 1.54) is 12.5 Å². The molecule has 6 nitrogen and oxygen atoms in total. The molecule has 1 aliphatic carbocycles. The Morgan fingerprint density at radius 3 is 2.24 bits per heavy atom. The highest BCUT2D eigenvalue weighted by atomic mass is 16.5. The lowest BCUT2D eigenvalue weighted by Crippen LogP contribution is -2.27. The Bertz CT molecular complexity index is 470. The van der Waals surface area contributed by atoms with Gasteiger partial charge in [0.05, 0.1) is 40.1 Å². The van der Waals surface area contributed by atoms with Crippen molar-refractivity contribution in [1.82, 2.24) is 0 Å². The summed E-state index contributed by atoms with van der Waals surface area (Å²) in [6.07, 6.45) is 6.56. The number of aliphatic carboxylic acids is 1. The number of carboxylic acids is 1. The second-order valence-corrected chi connectivity index (χ2v) is 5.70. The van der Waals surface area contributed by atoms with E-state index < -0.39 is 5.97 Å². The first-order chi connectivity index (χ1) is 9.55. The Morgan fingerprint density at radius 2 is 1.95 bits per heavy atom. The van der Waals surface area contributed by atoms with E-state index in [1.807, 2.05) is 6.08 Å². The van der Waals surface area contributed by atoms with Gasteiger partial charge >= 0.3 is 5.97 Å². The van der Waals surface area contributed by atoms with Crippen molar-refractivity contribution in [3.05, 3.63) is 35.4 Å². The fourth-order valence-electron chi connectivity index (χ4n) is 1.65. The summed E-state index contributed by atoms with van der Waals surface area (Å²) in [5.74, 6) is -0.594. The third-order valence-corrected chi connectivity index (χ3v) is 2.33. The number of carboxylic acid groups (broad SMARTS) is 1. The second-order valence-electron chi connectivity index (χ2n) is 5.70. The number of quaternary nitrogens is 1. The molecular weight excluding hydrogens is 272 g/mol. The van der Waals surface area contributed by atoms with E-state index in [-0.39, 0.29) is 12.2 Å². The number of ketones is 1. The van der Waals surface area contributed by atoms with Crippen molar-refractivity contribution >= 4 is 11.8 Å². The van der Waals surface area contributed by atoms with Gasteiger partial charge in [-0.2, -0.15) is 0 Å². The number of carbonyl (C=O) groups is 2. The predicted octanol–water partition coefficient (Wildman–Crippen LogP) is 1.40. The number of nitrogens with zero attached hydrogens (tertiary/aromatic N) is 1. The first-order valence-corrected chi connectivity index (χ1v) is 6.50. The van der Waals surface area contributed by atoms with E-state index in [0.717, 1.165) is 22.4 Å². The Labute approximate surface area is 125 Å². The average Bonchev–Trinajstić information content (AvgIpc) is 2.25. The van der Waals surface area contributed by atoms with Crippen LogP contribution in [0.3, 0.4) is 0 Å². The van der Waals surface area contributed by atoms with Crippen LogP contribution >= 0.6 is 0 Å². The molecule has 0 amide bonds. The van der Waals surface area contributed by atoms with Crippen LogP contribution in [0.4, 0.5) is 0 Å². The molecule has 0 saturated carbocycles. The van der Waals surface area contributed by atoms with Crippen LogP contribution in [0.1, 0.15) is 19.8 Å². The smallest absolute Gasteiger partial charge is 0.310 e. The monoisotopic (exact) mass is 297 g/mol. The van der Waals surface area contributed by atoms with Gasteiger partial charge in [-0.15, -0.1) is 0 Å². The van der Waals surface area contributed by atoms with Crippen molar-refractivity contribution in [2.45, 2.75) is 19.8 Å². The van der Waals surface area contributed by atoms with Crippen LogP contribution < -0.4 is 5.73 Å². The molecule has 118 valence electrons. The number of hydrogen-bond donors (Lipinski definition) is 2. The van der Waals surface area contributed by atoms with Gasteiger partial charge in [0.1, 0.15) is 18.0 Å². The standard InChI is InChI=1S/C11H19N2O.C4H6O3/c1-13(2,3)8-9-5-6-11(14-4)10(12)7-9;1-3(5)2-4(6)7/h5-6,8H,7,12H2,1-4H3;2H2,1H3,(H,6,7)/q+1;. The number of methoxy groups -OCH3 is 1. The summed E-state index contributed by atoms with van der Waals surface area (Å²) in [4.78, 5) is 19.5. The third kappa shape index (κ3) is 9.45. The van der Waals surface area contributed by atoms with Crippen LogP contribution in [0.2, 0.25) is 0 Å². The van der Waals surface area contributed by atoms with Crippen molar-refractivity contribution in [2.75, 3.05) is 28.3 Å². The Hall–Kier alpha value is -2.08. The van der Waals surface area contributed by atoms with Gasteiger partial charge in [0, 0.05) is 12.0 Å². The summed E-state index contributed by atoms with van der Waals surface area (Å²) in [6.45, 7) is 1.24. The molecule has 0 radical (unpaired) electrons. The van der Waals surface area contributed by atoms with Crippen molar-refractivity contribution in [3.63, 3.8) is 0 Å². The van der Waals surface area contributed by atoms with Gasteiger partial charge in [0.25, 0.3) is 0 Å². The number of nitrogens with two attached hydrogens (primary N) is 1. The van der Waals surface area contributed by atoms with Crippen molar-refractivity contribution < 1.29 is 23.9 Å². The zero-order chi connectivity index (χ0) is 16.6. The molecule has 6 heteroatoms. The summed E-state index contributed by atoms with van der Waals surface area (Å²) >= 11 is 0. The summed E-state index contributed by atoms with van der Waals surface area (Å²) < 4.78 is 5.92. The van der Waals surface area contributed by atoms with Gasteiger partial charge in [0.15, 0.2) is 0 Å². The van der Waals surface area contributed by atoms with E-state index in [9.17, 15) is 9.59 Å². The average molecular weight is 297 g/mol. The Balaban J connectivity index is 0.000000486. The molecule has 0 spiro atoms. The zero-order valence-electron chi connectivity index (χ0n) is 13.3. The molecule has 0 saturated heterocycles. The largest absolute Gasteiger partial charge is 0.495 e. The van der Waals surface area contributed by atoms with Gasteiger partial charge in [-0.3, -0.25) is 9.59 Å². The third-order valence-electron chi connectivity index (χ3n) is 2.33. The molecule has 1 rings (SSSR count). The molecule has 0 aliphatic heterocycles. The van der Waals surface area contributed by atoms with Gasteiger partial charge < -0.3 is 20.1 Å². The highest BCUT2D eigenvalue weighted by Crippen LogP contribution is 2.20. The lowest BCUT2D eigenvalue weighted by Gasteiger charge is -2.21. The molecule has 0 unspecified atom stereocenters. The fourth-order valence-corrected chi connectivity index (χ4v) is 1.65. The number of rotatable bonds is 4. The number of hydrogen-bond acceptors (Lipinski definition) is 4. The molecule has 0 atom stereocenters. The molecule has 1 aliphatic rings. The van der Waals surface area contributed by atoms with E-state index >= 15 is 0 Å². The minimum atomic E-state index is -1.06. The normalized spacial score (nSPS) is 16.3. The first kappa shape index (κ1) is 18.9. The van der Waals surface area contributed by atoms with Crippen LogP contribution in [0, 0.1) is 0 Å². The van der Waals surface area contributed by atoms with Crippen LogP contribution in [0.25, 0.3) is 0 Å². The van der Waals surface area contributed by atoms with Crippen LogP contribution in [-0.2, 0) is 14.3 Å². The number of ether oxygens (including phenoxy) is 1. The maximum absolute atomic E-state index is 9.87. The van der Waals surface area contributed by atoms with Crippen molar-refractivity contribution in [1.29, 1.82) is 0 Å². The molecule has 0 aromatic carbocycles. The lowest BCUT2D eigenvalue weighted by atomic mass is 10.0. The molecular formula is C15H25N2O4+. The van der Waals surface area contributed by atoms with E-state index in [4.69, 9.17) is 15.6 Å². The molecule has 0 aromatic heterocycles. The molecule has 21 heavy (non-hydrogen) atoms. The van der Waals surface area contributed by atoms with Gasteiger partial charge in [-0.1, -0.05) is 0 Å². The summed E-state index contributed by atoms with van der Waals surface area (Å²) in [5, 5.41) is 7.86. The summed E-state index contributed by atoms with van der Waals surface area (Å²) in [7, 11) is 7.99. The maximum Gasteiger partial charge on any atom is 0.310 e. The maximum atomic E-state index is 9.87. The molecule has 0 heterocycles. The van der Waals surface area contributed by atoms with Gasteiger partial charge in [-0.05, 0) is 19.1 Å². The Kier molecular flexibility index (Phi) is 7.44. The topological polar surface area (TPSA) is 89.6 Å². The highest BCUT2D eigenvalue weighted by Gasteiger charge is 2.12. The summed E-state index contributed by atoms with van der Waals surface area (Å²) in [6, 6.07) is 0. The van der Waals surface area contributed by atoms with E-state index in [1.54, 1.807) is 7.11 Å². The molecule has 0 bridgehead atoms. The second kappa shape index (κ2) is 8.26. The van der Waals surface area contributed by atoms with Gasteiger partial charge in [0.2, 0.25) is 0 Å². The highest BCUT2D eigenvalue weighted by molar-refractivity contribution is 5.93. The predicted molar refractivity (Wildman–Crippen MR) is 81.0 cm³/mol. The minimum absolute atomic E-state index is 0.312. The van der Waals surface area contributed by atoms with Crippen molar-refractivity contribution in [2.24, 2.45) is 5.73 Å². The van der Waals surface area contributed by atoms with E-state index in [2.05, 4.69) is 33.4 Å². The Morgan fingerprint density at radius 1 is 1.38 bits per heavy atom. The number of allylic oxidation sites excluding steroid dienone is 3. The van der Waals surface area contributed by atoms with Crippen LogP contribution in [-0.4, -0.2) is 49.6 Å². The lowest BCUT2D eigenvalue weighted by molar-refractivity contribution is -0.817.